The zero-order chi connectivity index (χ0) is 20.4. The van der Waals surface area contributed by atoms with Gasteiger partial charge in [0.15, 0.2) is 0 Å². The van der Waals surface area contributed by atoms with E-state index in [2.05, 4.69) is 15.4 Å². The summed E-state index contributed by atoms with van der Waals surface area (Å²) in [4.78, 5) is 30.5. The van der Waals surface area contributed by atoms with Crippen LogP contribution in [-0.4, -0.2) is 20.5 Å². The van der Waals surface area contributed by atoms with Crippen LogP contribution in [0.5, 0.6) is 0 Å². The Labute approximate surface area is 173 Å². The van der Waals surface area contributed by atoms with E-state index < -0.39 is 5.82 Å². The quantitative estimate of drug-likeness (QED) is 0.486. The highest BCUT2D eigenvalue weighted by Gasteiger charge is 2.11. The fourth-order valence-corrected chi connectivity index (χ4v) is 4.34. The van der Waals surface area contributed by atoms with Crippen molar-refractivity contribution in [1.29, 1.82) is 0 Å². The molecule has 0 unspecified atom stereocenters. The number of aromatic nitrogens is 3. The summed E-state index contributed by atoms with van der Waals surface area (Å²) in [5.74, 6) is -0.253. The van der Waals surface area contributed by atoms with Gasteiger partial charge in [0.05, 0.1) is 11.4 Å². The van der Waals surface area contributed by atoms with Gasteiger partial charge in [0.2, 0.25) is 4.96 Å². The molecule has 0 bridgehead atoms. The highest BCUT2D eigenvalue weighted by Crippen LogP contribution is 2.29. The Morgan fingerprint density at radius 1 is 1.21 bits per heavy atom. The average molecular weight is 426 g/mol. The first-order valence-corrected chi connectivity index (χ1v) is 10.4. The van der Waals surface area contributed by atoms with Crippen molar-refractivity contribution in [2.45, 2.75) is 17.6 Å². The fraction of sp³-hybridized carbons (Fsp3) is 0.100. The van der Waals surface area contributed by atoms with Crippen molar-refractivity contribution in [2.24, 2.45) is 0 Å². The number of anilines is 1. The Bertz CT molecular complexity index is 1250. The average Bonchev–Trinajstić information content (AvgIpc) is 3.08. The number of nitrogens with one attached hydrogen (secondary N) is 1. The van der Waals surface area contributed by atoms with Gasteiger partial charge in [-0.2, -0.15) is 9.61 Å². The predicted octanol–water partition coefficient (Wildman–Crippen LogP) is 4.14. The highest BCUT2D eigenvalue weighted by atomic mass is 32.2. The number of hydrogen-bond donors (Lipinski definition) is 1. The van der Waals surface area contributed by atoms with Crippen molar-refractivity contribution >= 4 is 39.7 Å². The number of carbonyl (C=O) groups is 1. The molecule has 1 N–H and O–H groups in total. The molecular weight excluding hydrogens is 411 g/mol. The molecule has 4 rings (SSSR count). The van der Waals surface area contributed by atoms with Gasteiger partial charge >= 0.3 is 0 Å². The van der Waals surface area contributed by atoms with Gasteiger partial charge in [-0.25, -0.2) is 9.37 Å². The summed E-state index contributed by atoms with van der Waals surface area (Å²) in [5.41, 5.74) is 1.43. The number of fused-ring (bicyclic) bond motifs is 1. The van der Waals surface area contributed by atoms with Gasteiger partial charge in [-0.1, -0.05) is 23.5 Å². The Hall–Kier alpha value is -3.04. The first kappa shape index (κ1) is 19.3. The van der Waals surface area contributed by atoms with E-state index in [0.717, 1.165) is 9.90 Å². The first-order chi connectivity index (χ1) is 14.0. The number of carbonyl (C=O) groups excluding carboxylic acids is 1. The minimum Gasteiger partial charge on any atom is -0.321 e. The maximum Gasteiger partial charge on any atom is 0.275 e. The number of thioether (sulfide) groups is 1. The molecule has 0 atom stereocenters. The third kappa shape index (κ3) is 4.36. The van der Waals surface area contributed by atoms with Gasteiger partial charge in [-0.15, -0.1) is 11.8 Å². The monoisotopic (exact) mass is 426 g/mol. The number of amides is 1. The van der Waals surface area contributed by atoms with Crippen LogP contribution in [0, 0.1) is 12.7 Å². The van der Waals surface area contributed by atoms with Crippen LogP contribution in [0.3, 0.4) is 0 Å². The Balaban J connectivity index is 1.52. The van der Waals surface area contributed by atoms with Crippen LogP contribution in [0.1, 0.15) is 21.1 Å². The molecule has 29 heavy (non-hydrogen) atoms. The lowest BCUT2D eigenvalue weighted by Crippen LogP contribution is -2.15. The van der Waals surface area contributed by atoms with Gasteiger partial charge in [-0.05, 0) is 43.3 Å². The number of aryl methyl sites for hydroxylation is 1. The van der Waals surface area contributed by atoms with Crippen molar-refractivity contribution in [3.63, 3.8) is 0 Å². The van der Waals surface area contributed by atoms with Gasteiger partial charge in [0, 0.05) is 22.3 Å². The molecule has 6 nitrogen and oxygen atoms in total. The fourth-order valence-electron chi connectivity index (χ4n) is 2.67. The molecule has 0 aliphatic heterocycles. The number of benzene rings is 2. The molecule has 0 aliphatic rings. The van der Waals surface area contributed by atoms with Crippen LogP contribution in [-0.2, 0) is 5.75 Å². The molecule has 2 heterocycles. The zero-order valence-electron chi connectivity index (χ0n) is 15.3. The van der Waals surface area contributed by atoms with Crippen molar-refractivity contribution in [1.82, 2.24) is 14.6 Å². The second-order valence-electron chi connectivity index (χ2n) is 6.15. The van der Waals surface area contributed by atoms with Crippen LogP contribution in [0.4, 0.5) is 10.1 Å². The van der Waals surface area contributed by atoms with E-state index in [1.165, 1.54) is 57.9 Å². The molecule has 0 aliphatic carbocycles. The summed E-state index contributed by atoms with van der Waals surface area (Å²) in [5, 5.41) is 7.76. The van der Waals surface area contributed by atoms with Gasteiger partial charge in [0.25, 0.3) is 11.5 Å². The number of nitrogens with zero attached hydrogens (tertiary/aromatic N) is 3. The van der Waals surface area contributed by atoms with Gasteiger partial charge in [-0.3, -0.25) is 9.59 Å². The Morgan fingerprint density at radius 3 is 2.76 bits per heavy atom. The maximum atomic E-state index is 13.1. The summed E-state index contributed by atoms with van der Waals surface area (Å²) in [6, 6.07) is 14.2. The van der Waals surface area contributed by atoms with E-state index in [1.807, 2.05) is 25.1 Å². The van der Waals surface area contributed by atoms with E-state index in [-0.39, 0.29) is 11.5 Å². The number of para-hydroxylation sites is 1. The normalized spacial score (nSPS) is 11.0. The SMILES string of the molecule is Cc1nn2c(=O)cc(CSc3ccccc3NC(=O)c3ccc(F)cc3)nc2s1. The van der Waals surface area contributed by atoms with E-state index in [4.69, 9.17) is 0 Å². The topological polar surface area (TPSA) is 76.4 Å². The van der Waals surface area contributed by atoms with E-state index in [0.29, 0.717) is 27.7 Å². The molecule has 0 fully saturated rings. The molecule has 2 aromatic carbocycles. The molecule has 0 saturated heterocycles. The first-order valence-electron chi connectivity index (χ1n) is 8.65. The van der Waals surface area contributed by atoms with E-state index in [9.17, 15) is 14.0 Å². The Kier molecular flexibility index (Phi) is 5.41. The molecule has 2 aromatic heterocycles. The molecular formula is C20H15FN4O2S2. The van der Waals surface area contributed by atoms with Crippen molar-refractivity contribution in [3.8, 4) is 0 Å². The lowest BCUT2D eigenvalue weighted by Gasteiger charge is -2.10. The van der Waals surface area contributed by atoms with Crippen LogP contribution in [0.15, 0.2) is 64.3 Å². The molecule has 0 saturated carbocycles. The van der Waals surface area contributed by atoms with Crippen molar-refractivity contribution in [3.05, 3.63) is 87.0 Å². The lowest BCUT2D eigenvalue weighted by atomic mass is 10.2. The van der Waals surface area contributed by atoms with Crippen molar-refractivity contribution in [2.75, 3.05) is 5.32 Å². The highest BCUT2D eigenvalue weighted by molar-refractivity contribution is 7.98. The minimum absolute atomic E-state index is 0.215. The predicted molar refractivity (Wildman–Crippen MR) is 112 cm³/mol. The molecule has 9 heteroatoms. The zero-order valence-corrected chi connectivity index (χ0v) is 16.9. The molecule has 4 aromatic rings. The maximum absolute atomic E-state index is 13.1. The second-order valence-corrected chi connectivity index (χ2v) is 8.32. The molecule has 0 radical (unpaired) electrons. The van der Waals surface area contributed by atoms with Gasteiger partial charge in [0.1, 0.15) is 10.8 Å². The second kappa shape index (κ2) is 8.14. The summed E-state index contributed by atoms with van der Waals surface area (Å²) in [6.45, 7) is 1.83. The standard InChI is InChI=1S/C20H15FN4O2S2/c1-12-24-25-18(26)10-15(22-20(25)29-12)11-28-17-5-3-2-4-16(17)23-19(27)13-6-8-14(21)9-7-13/h2-10H,11H2,1H3,(H,23,27). The van der Waals surface area contributed by atoms with Crippen molar-refractivity contribution < 1.29 is 9.18 Å². The molecule has 0 spiro atoms. The smallest absolute Gasteiger partial charge is 0.275 e. The molecule has 1 amide bonds. The summed E-state index contributed by atoms with van der Waals surface area (Å²) in [6.07, 6.45) is 0. The largest absolute Gasteiger partial charge is 0.321 e. The third-order valence-electron chi connectivity index (χ3n) is 4.02. The summed E-state index contributed by atoms with van der Waals surface area (Å²) in [7, 11) is 0. The Morgan fingerprint density at radius 2 is 1.97 bits per heavy atom. The summed E-state index contributed by atoms with van der Waals surface area (Å²) >= 11 is 2.82. The molecule has 146 valence electrons. The van der Waals surface area contributed by atoms with Crippen LogP contribution >= 0.6 is 23.1 Å². The summed E-state index contributed by atoms with van der Waals surface area (Å²) < 4.78 is 14.4. The van der Waals surface area contributed by atoms with E-state index >= 15 is 0 Å². The third-order valence-corrected chi connectivity index (χ3v) is 5.95. The number of hydrogen-bond acceptors (Lipinski definition) is 6. The van der Waals surface area contributed by atoms with E-state index in [1.54, 1.807) is 6.07 Å². The lowest BCUT2D eigenvalue weighted by molar-refractivity contribution is 0.102. The van der Waals surface area contributed by atoms with Crippen LogP contribution in [0.2, 0.25) is 0 Å². The minimum atomic E-state index is -0.394. The van der Waals surface area contributed by atoms with Crippen LogP contribution < -0.4 is 10.9 Å². The van der Waals surface area contributed by atoms with Crippen LogP contribution in [0.25, 0.3) is 4.96 Å². The van der Waals surface area contributed by atoms with Gasteiger partial charge < -0.3 is 5.32 Å². The number of halogens is 1. The number of rotatable bonds is 5.